The molecule has 1 aromatic heterocycles. The molecule has 0 saturated heterocycles. The van der Waals surface area contributed by atoms with Crippen LogP contribution in [0.1, 0.15) is 47.6 Å². The van der Waals surface area contributed by atoms with Crippen LogP contribution in [0.15, 0.2) is 4.79 Å². The van der Waals surface area contributed by atoms with Gasteiger partial charge >= 0.3 is 5.97 Å². The standard InChI is InChI=1S/C10H12N2O3/c1-2-6-11-8(10(14)15)7(5-3-4-5)9(13)12-6/h5H,2-4H2,1H3,(H,14,15)(H,11,12,13). The number of aryl methyl sites for hydroxylation is 1. The van der Waals surface area contributed by atoms with Gasteiger partial charge in [-0.2, -0.15) is 0 Å². The first-order valence-corrected chi connectivity index (χ1v) is 4.99. The fourth-order valence-corrected chi connectivity index (χ4v) is 1.61. The van der Waals surface area contributed by atoms with E-state index in [-0.39, 0.29) is 17.2 Å². The van der Waals surface area contributed by atoms with Crippen LogP contribution in [-0.2, 0) is 6.42 Å². The van der Waals surface area contributed by atoms with Gasteiger partial charge in [0.15, 0.2) is 5.69 Å². The van der Waals surface area contributed by atoms with Crippen molar-refractivity contribution in [3.05, 3.63) is 27.4 Å². The second-order valence-electron chi connectivity index (χ2n) is 3.71. The van der Waals surface area contributed by atoms with Crippen LogP contribution in [0.2, 0.25) is 0 Å². The lowest BCUT2D eigenvalue weighted by molar-refractivity contribution is 0.0688. The number of aromatic carboxylic acids is 1. The third-order valence-electron chi connectivity index (χ3n) is 2.53. The van der Waals surface area contributed by atoms with E-state index in [2.05, 4.69) is 9.97 Å². The van der Waals surface area contributed by atoms with E-state index in [4.69, 9.17) is 5.11 Å². The van der Waals surface area contributed by atoms with Gasteiger partial charge in [0.2, 0.25) is 0 Å². The highest BCUT2D eigenvalue weighted by atomic mass is 16.4. The number of hydrogen-bond acceptors (Lipinski definition) is 3. The van der Waals surface area contributed by atoms with Gasteiger partial charge < -0.3 is 10.1 Å². The van der Waals surface area contributed by atoms with Crippen LogP contribution in [0.25, 0.3) is 0 Å². The number of aromatic amines is 1. The predicted molar refractivity (Wildman–Crippen MR) is 53.2 cm³/mol. The summed E-state index contributed by atoms with van der Waals surface area (Å²) in [5, 5.41) is 8.97. The number of carboxylic acid groups (broad SMARTS) is 1. The van der Waals surface area contributed by atoms with Crippen molar-refractivity contribution in [2.24, 2.45) is 0 Å². The molecule has 0 aromatic carbocycles. The Bertz CT molecular complexity index is 460. The molecule has 0 spiro atoms. The number of rotatable bonds is 3. The van der Waals surface area contributed by atoms with Gasteiger partial charge in [0.1, 0.15) is 5.82 Å². The van der Waals surface area contributed by atoms with Gasteiger partial charge in [-0.15, -0.1) is 0 Å². The molecule has 1 aliphatic carbocycles. The van der Waals surface area contributed by atoms with E-state index in [0.29, 0.717) is 17.8 Å². The van der Waals surface area contributed by atoms with Crippen molar-refractivity contribution in [2.45, 2.75) is 32.1 Å². The lowest BCUT2D eigenvalue weighted by Crippen LogP contribution is -2.22. The SMILES string of the molecule is CCc1nc(C(=O)O)c(C2CC2)c(=O)[nH]1. The lowest BCUT2D eigenvalue weighted by atomic mass is 10.1. The minimum atomic E-state index is -1.11. The van der Waals surface area contributed by atoms with Crippen molar-refractivity contribution in [3.8, 4) is 0 Å². The van der Waals surface area contributed by atoms with Gasteiger partial charge in [-0.25, -0.2) is 9.78 Å². The molecular weight excluding hydrogens is 196 g/mol. The summed E-state index contributed by atoms with van der Waals surface area (Å²) >= 11 is 0. The van der Waals surface area contributed by atoms with Crippen molar-refractivity contribution in [1.29, 1.82) is 0 Å². The number of carboxylic acids is 1. The molecule has 0 radical (unpaired) electrons. The lowest BCUT2D eigenvalue weighted by Gasteiger charge is -2.04. The molecule has 5 nitrogen and oxygen atoms in total. The first kappa shape index (κ1) is 9.89. The molecule has 1 saturated carbocycles. The number of hydrogen-bond donors (Lipinski definition) is 2. The van der Waals surface area contributed by atoms with Crippen molar-refractivity contribution in [2.75, 3.05) is 0 Å². The zero-order chi connectivity index (χ0) is 11.0. The van der Waals surface area contributed by atoms with Gasteiger partial charge in [-0.3, -0.25) is 4.79 Å². The van der Waals surface area contributed by atoms with Crippen LogP contribution in [-0.4, -0.2) is 21.0 Å². The molecule has 1 heterocycles. The third kappa shape index (κ3) is 1.77. The fourth-order valence-electron chi connectivity index (χ4n) is 1.61. The molecule has 2 N–H and O–H groups in total. The van der Waals surface area contributed by atoms with E-state index in [1.165, 1.54) is 0 Å². The van der Waals surface area contributed by atoms with Gasteiger partial charge in [0.05, 0.1) is 5.56 Å². The summed E-state index contributed by atoms with van der Waals surface area (Å²) < 4.78 is 0. The molecule has 5 heteroatoms. The highest BCUT2D eigenvalue weighted by molar-refractivity contribution is 5.87. The number of aromatic nitrogens is 2. The van der Waals surface area contributed by atoms with Gasteiger partial charge in [0.25, 0.3) is 5.56 Å². The quantitative estimate of drug-likeness (QED) is 0.773. The molecule has 0 aliphatic heterocycles. The number of carbonyl (C=O) groups is 1. The Morgan fingerprint density at radius 3 is 2.73 bits per heavy atom. The zero-order valence-corrected chi connectivity index (χ0v) is 8.41. The molecule has 15 heavy (non-hydrogen) atoms. The van der Waals surface area contributed by atoms with E-state index in [0.717, 1.165) is 12.8 Å². The van der Waals surface area contributed by atoms with Crippen LogP contribution < -0.4 is 5.56 Å². The second-order valence-corrected chi connectivity index (χ2v) is 3.71. The summed E-state index contributed by atoms with van der Waals surface area (Å²) in [5.74, 6) is -0.585. The molecule has 2 rings (SSSR count). The van der Waals surface area contributed by atoms with Crippen LogP contribution in [0.4, 0.5) is 0 Å². The Morgan fingerprint density at radius 2 is 2.27 bits per heavy atom. The smallest absolute Gasteiger partial charge is 0.355 e. The van der Waals surface area contributed by atoms with Crippen LogP contribution >= 0.6 is 0 Å². The summed E-state index contributed by atoms with van der Waals surface area (Å²) in [6.07, 6.45) is 2.30. The molecule has 0 unspecified atom stereocenters. The fraction of sp³-hybridized carbons (Fsp3) is 0.500. The summed E-state index contributed by atoms with van der Waals surface area (Å²) in [6, 6.07) is 0. The molecular formula is C10H12N2O3. The monoisotopic (exact) mass is 208 g/mol. The van der Waals surface area contributed by atoms with Crippen molar-refractivity contribution < 1.29 is 9.90 Å². The highest BCUT2D eigenvalue weighted by Crippen LogP contribution is 2.39. The van der Waals surface area contributed by atoms with Crippen molar-refractivity contribution >= 4 is 5.97 Å². The maximum absolute atomic E-state index is 11.6. The minimum Gasteiger partial charge on any atom is -0.476 e. The Hall–Kier alpha value is -1.65. The average Bonchev–Trinajstić information content (AvgIpc) is 2.99. The van der Waals surface area contributed by atoms with Crippen LogP contribution in [0.3, 0.4) is 0 Å². The van der Waals surface area contributed by atoms with E-state index in [1.54, 1.807) is 0 Å². The molecule has 80 valence electrons. The normalized spacial score (nSPS) is 15.3. The molecule has 0 bridgehead atoms. The molecule has 0 amide bonds. The largest absolute Gasteiger partial charge is 0.476 e. The van der Waals surface area contributed by atoms with Crippen molar-refractivity contribution in [3.63, 3.8) is 0 Å². The first-order chi connectivity index (χ1) is 7.13. The van der Waals surface area contributed by atoms with E-state index in [9.17, 15) is 9.59 Å². The molecule has 0 atom stereocenters. The average molecular weight is 208 g/mol. The minimum absolute atomic E-state index is 0.0712. The Labute approximate surface area is 86.2 Å². The summed E-state index contributed by atoms with van der Waals surface area (Å²) in [5.41, 5.74) is -0.0143. The summed E-state index contributed by atoms with van der Waals surface area (Å²) in [4.78, 5) is 29.2. The number of nitrogens with zero attached hydrogens (tertiary/aromatic N) is 1. The molecule has 1 fully saturated rings. The molecule has 1 aliphatic rings. The maximum atomic E-state index is 11.6. The second kappa shape index (κ2) is 3.49. The molecule has 1 aromatic rings. The Morgan fingerprint density at radius 1 is 1.60 bits per heavy atom. The summed E-state index contributed by atoms with van der Waals surface area (Å²) in [7, 11) is 0. The number of nitrogens with one attached hydrogen (secondary N) is 1. The Kier molecular flexibility index (Phi) is 2.30. The summed E-state index contributed by atoms with van der Waals surface area (Å²) in [6.45, 7) is 1.82. The van der Waals surface area contributed by atoms with Crippen LogP contribution in [0.5, 0.6) is 0 Å². The van der Waals surface area contributed by atoms with Crippen LogP contribution in [0, 0.1) is 0 Å². The maximum Gasteiger partial charge on any atom is 0.355 e. The highest BCUT2D eigenvalue weighted by Gasteiger charge is 2.32. The van der Waals surface area contributed by atoms with E-state index in [1.807, 2.05) is 6.92 Å². The zero-order valence-electron chi connectivity index (χ0n) is 8.41. The van der Waals surface area contributed by atoms with E-state index < -0.39 is 5.97 Å². The Balaban J connectivity index is 2.60. The van der Waals surface area contributed by atoms with Gasteiger partial charge in [0, 0.05) is 6.42 Å². The van der Waals surface area contributed by atoms with Gasteiger partial charge in [-0.1, -0.05) is 6.92 Å². The van der Waals surface area contributed by atoms with Crippen molar-refractivity contribution in [1.82, 2.24) is 9.97 Å². The predicted octanol–water partition coefficient (Wildman–Crippen LogP) is 0.908. The third-order valence-corrected chi connectivity index (χ3v) is 2.53. The topological polar surface area (TPSA) is 83.0 Å². The first-order valence-electron chi connectivity index (χ1n) is 4.99. The van der Waals surface area contributed by atoms with Gasteiger partial charge in [-0.05, 0) is 18.8 Å². The van der Waals surface area contributed by atoms with E-state index >= 15 is 0 Å². The number of H-pyrrole nitrogens is 1.